The van der Waals surface area contributed by atoms with Crippen molar-refractivity contribution < 1.29 is 71.4 Å². The highest BCUT2D eigenvalue weighted by atomic mass is 19.4. The van der Waals surface area contributed by atoms with Crippen LogP contribution in [0.25, 0.3) is 0 Å². The van der Waals surface area contributed by atoms with Crippen LogP contribution in [0.3, 0.4) is 0 Å². The van der Waals surface area contributed by atoms with Crippen LogP contribution in [0.5, 0.6) is 5.75 Å². The van der Waals surface area contributed by atoms with Crippen LogP contribution in [0.1, 0.15) is 55.0 Å². The summed E-state index contributed by atoms with van der Waals surface area (Å²) in [6, 6.07) is 11.3. The van der Waals surface area contributed by atoms with Crippen LogP contribution in [-0.2, 0) is 56.6 Å². The Balaban J connectivity index is 0.000000774. The number of likely N-dealkylation sites (N-methyl/N-ethyl adjacent to an activating group) is 1. The molecule has 1 spiro atoms. The molecule has 3 N–H and O–H groups in total. The molecule has 274 valence electrons. The zero-order valence-corrected chi connectivity index (χ0v) is 27.7. The van der Waals surface area contributed by atoms with Gasteiger partial charge in [-0.25, -0.2) is 9.59 Å². The Morgan fingerprint density at radius 2 is 1.76 bits per heavy atom. The van der Waals surface area contributed by atoms with Gasteiger partial charge in [0.1, 0.15) is 17.4 Å². The molecule has 16 heteroatoms. The standard InChI is InChI=1S/C33H35NO11.C2HF3O/c1-17(25(42-18(2)36)31(40)45-27(29(37)38)19-7-5-4-6-8-19)30(39)43-22-11-12-33(41)23-15-20-9-10-21(16-35)26-24(20)32(33,28(22)44-26)13-14-34(23)3;3-2(4,5)1-6/h4-11,17,23,25,27-28,35,41H,12-16H2,1-3H3,(H,37,38);1H/t17-,23-,25-,27+,28+,32+,33-;/m1./s1. The van der Waals surface area contributed by atoms with E-state index in [1.54, 1.807) is 30.3 Å². The third-order valence-electron chi connectivity index (χ3n) is 9.89. The second-order valence-electron chi connectivity index (χ2n) is 12.9. The predicted octanol–water partition coefficient (Wildman–Crippen LogP) is 2.68. The lowest BCUT2D eigenvalue weighted by Crippen LogP contribution is -2.74. The quantitative estimate of drug-likeness (QED) is 0.195. The SMILES string of the molecule is CC(=O)O[C@@H](C(=O)O[C@H](C(=O)O)c1ccccc1)[C@@H](C)C(=O)OC1=CC[C@@]2(O)[C@H]3Cc4ccc(CO)c5c4[C@@]2(CCN3C)[C@H]1O5.O=CC(F)(F)F. The van der Waals surface area contributed by atoms with Crippen molar-refractivity contribution in [2.75, 3.05) is 13.6 Å². The molecule has 2 aliphatic heterocycles. The fraction of sp³-hybridized carbons (Fsp3) is 0.457. The van der Waals surface area contributed by atoms with Gasteiger partial charge in [-0.1, -0.05) is 42.5 Å². The van der Waals surface area contributed by atoms with Gasteiger partial charge < -0.3 is 39.2 Å². The number of alkyl halides is 3. The van der Waals surface area contributed by atoms with Gasteiger partial charge in [-0.05, 0) is 45.0 Å². The molecule has 13 nitrogen and oxygen atoms in total. The Morgan fingerprint density at radius 1 is 1.10 bits per heavy atom. The molecular weight excluding hydrogens is 683 g/mol. The van der Waals surface area contributed by atoms with E-state index in [1.807, 2.05) is 13.1 Å². The number of aliphatic hydroxyl groups excluding tert-OH is 1. The summed E-state index contributed by atoms with van der Waals surface area (Å²) in [5, 5.41) is 32.2. The number of hydrogen-bond acceptors (Lipinski definition) is 12. The summed E-state index contributed by atoms with van der Waals surface area (Å²) in [4.78, 5) is 61.6. The van der Waals surface area contributed by atoms with Crippen LogP contribution in [0.15, 0.2) is 54.3 Å². The maximum absolute atomic E-state index is 13.6. The molecule has 2 aromatic carbocycles. The Hall–Kier alpha value is -4.80. The van der Waals surface area contributed by atoms with Crippen molar-refractivity contribution in [3.8, 4) is 5.75 Å². The molecule has 2 bridgehead atoms. The van der Waals surface area contributed by atoms with E-state index in [-0.39, 0.29) is 30.4 Å². The van der Waals surface area contributed by atoms with Crippen molar-refractivity contribution in [1.29, 1.82) is 0 Å². The minimum atomic E-state index is -4.64. The van der Waals surface area contributed by atoms with Gasteiger partial charge in [-0.3, -0.25) is 14.4 Å². The van der Waals surface area contributed by atoms with E-state index in [9.17, 15) is 47.7 Å². The maximum Gasteiger partial charge on any atom is 0.446 e. The highest BCUT2D eigenvalue weighted by Gasteiger charge is 2.72. The summed E-state index contributed by atoms with van der Waals surface area (Å²) in [6.07, 6.45) is -7.26. The van der Waals surface area contributed by atoms with E-state index in [2.05, 4.69) is 4.90 Å². The minimum absolute atomic E-state index is 0.135. The lowest BCUT2D eigenvalue weighted by molar-refractivity contribution is -0.184. The van der Waals surface area contributed by atoms with Crippen LogP contribution in [-0.4, -0.2) is 94.0 Å². The van der Waals surface area contributed by atoms with Crippen LogP contribution in [0.2, 0.25) is 0 Å². The van der Waals surface area contributed by atoms with E-state index in [1.165, 1.54) is 19.1 Å². The van der Waals surface area contributed by atoms with Crippen molar-refractivity contribution in [2.24, 2.45) is 5.92 Å². The van der Waals surface area contributed by atoms with Gasteiger partial charge in [0.2, 0.25) is 18.5 Å². The molecular formula is C35H36F3NO12. The van der Waals surface area contributed by atoms with Crippen molar-refractivity contribution in [3.05, 3.63) is 76.6 Å². The average Bonchev–Trinajstić information content (AvgIpc) is 3.44. The normalized spacial score (nSPS) is 26.0. The lowest BCUT2D eigenvalue weighted by atomic mass is 9.50. The third-order valence-corrected chi connectivity index (χ3v) is 9.89. The van der Waals surface area contributed by atoms with Crippen molar-refractivity contribution in [3.63, 3.8) is 0 Å². The molecule has 4 aliphatic rings. The fourth-order valence-electron chi connectivity index (χ4n) is 7.57. The fourth-order valence-corrected chi connectivity index (χ4v) is 7.57. The first kappa shape index (κ1) is 37.5. The summed E-state index contributed by atoms with van der Waals surface area (Å²) in [6.45, 7) is 2.73. The largest absolute Gasteiger partial charge is 0.481 e. The number of benzene rings is 2. The first-order chi connectivity index (χ1) is 24.0. The summed E-state index contributed by atoms with van der Waals surface area (Å²) in [5.41, 5.74) is 0.354. The number of aliphatic hydroxyl groups is 2. The van der Waals surface area contributed by atoms with E-state index in [0.29, 0.717) is 30.7 Å². The summed E-state index contributed by atoms with van der Waals surface area (Å²) in [7, 11) is 1.97. The molecule has 51 heavy (non-hydrogen) atoms. The number of rotatable bonds is 9. The molecule has 2 heterocycles. The highest BCUT2D eigenvalue weighted by molar-refractivity contribution is 5.88. The van der Waals surface area contributed by atoms with Gasteiger partial charge in [0.05, 0.1) is 17.6 Å². The second-order valence-corrected chi connectivity index (χ2v) is 12.9. The van der Waals surface area contributed by atoms with E-state index in [4.69, 9.17) is 23.7 Å². The van der Waals surface area contributed by atoms with Crippen LogP contribution >= 0.6 is 0 Å². The number of piperidine rings is 1. The van der Waals surface area contributed by atoms with Gasteiger partial charge in [0.15, 0.2) is 6.10 Å². The second kappa shape index (κ2) is 14.1. The number of hydrogen-bond donors (Lipinski definition) is 3. The Kier molecular flexibility index (Phi) is 10.3. The topological polar surface area (TPSA) is 186 Å². The number of ether oxygens (including phenoxy) is 4. The van der Waals surface area contributed by atoms with Gasteiger partial charge in [-0.15, -0.1) is 0 Å². The van der Waals surface area contributed by atoms with E-state index in [0.717, 1.165) is 18.1 Å². The Bertz CT molecular complexity index is 1750. The number of carbonyl (C=O) groups excluding carboxylic acids is 4. The molecule has 0 saturated carbocycles. The molecule has 1 fully saturated rings. The van der Waals surface area contributed by atoms with Gasteiger partial charge >= 0.3 is 30.1 Å². The molecule has 6 rings (SSSR count). The molecule has 2 aliphatic carbocycles. The number of carboxylic acids is 1. The van der Waals surface area contributed by atoms with Crippen LogP contribution < -0.4 is 4.74 Å². The van der Waals surface area contributed by atoms with Crippen LogP contribution in [0.4, 0.5) is 13.2 Å². The Labute approximate surface area is 289 Å². The van der Waals surface area contributed by atoms with Crippen LogP contribution in [0, 0.1) is 5.92 Å². The van der Waals surface area contributed by atoms with Crippen molar-refractivity contribution in [2.45, 2.75) is 81.3 Å². The number of nitrogens with zero attached hydrogens (tertiary/aromatic N) is 1. The van der Waals surface area contributed by atoms with Crippen molar-refractivity contribution in [1.82, 2.24) is 4.90 Å². The third kappa shape index (κ3) is 6.70. The molecule has 0 amide bonds. The van der Waals surface area contributed by atoms with E-state index < -0.39 is 71.6 Å². The number of halogens is 3. The highest BCUT2D eigenvalue weighted by Crippen LogP contribution is 2.64. The molecule has 0 radical (unpaired) electrons. The number of likely N-dealkylation sites (tertiary alicyclic amines) is 1. The molecule has 0 aromatic heterocycles. The minimum Gasteiger partial charge on any atom is -0.481 e. The van der Waals surface area contributed by atoms with E-state index >= 15 is 0 Å². The average molecular weight is 720 g/mol. The molecule has 2 aromatic rings. The number of aliphatic carboxylic acids is 1. The number of carbonyl (C=O) groups is 5. The first-order valence-electron chi connectivity index (χ1n) is 15.9. The number of esters is 3. The number of aldehydes is 1. The zero-order valence-electron chi connectivity index (χ0n) is 27.7. The van der Waals surface area contributed by atoms with Crippen molar-refractivity contribution >= 4 is 30.2 Å². The van der Waals surface area contributed by atoms with Gasteiger partial charge in [-0.2, -0.15) is 13.2 Å². The predicted molar refractivity (Wildman–Crippen MR) is 167 cm³/mol. The summed E-state index contributed by atoms with van der Waals surface area (Å²) in [5.74, 6) is -5.31. The number of carboxylic acid groups (broad SMARTS) is 1. The Morgan fingerprint density at radius 3 is 2.35 bits per heavy atom. The monoisotopic (exact) mass is 719 g/mol. The van der Waals surface area contributed by atoms with Gasteiger partial charge in [0.25, 0.3) is 0 Å². The molecule has 0 unspecified atom stereocenters. The molecule has 1 saturated heterocycles. The zero-order chi connectivity index (χ0) is 37.5. The summed E-state index contributed by atoms with van der Waals surface area (Å²) < 4.78 is 54.0. The summed E-state index contributed by atoms with van der Waals surface area (Å²) >= 11 is 0. The lowest BCUT2D eigenvalue weighted by Gasteiger charge is -2.61. The first-order valence-corrected chi connectivity index (χ1v) is 15.9. The maximum atomic E-state index is 13.6. The van der Waals surface area contributed by atoms with Gasteiger partial charge in [0, 0.05) is 36.1 Å². The smallest absolute Gasteiger partial charge is 0.446 e. The molecule has 7 atom stereocenters.